The zero-order valence-corrected chi connectivity index (χ0v) is 21.2. The van der Waals surface area contributed by atoms with Crippen LogP contribution in [0.5, 0.6) is 17.2 Å². The first-order valence-electron chi connectivity index (χ1n) is 10.5. The Hall–Kier alpha value is -2.48. The van der Waals surface area contributed by atoms with Gasteiger partial charge in [-0.05, 0) is 67.8 Å². The molecule has 0 radical (unpaired) electrons. The van der Waals surface area contributed by atoms with Gasteiger partial charge in [0.15, 0.2) is 11.5 Å². The molecule has 8 heteroatoms. The van der Waals surface area contributed by atoms with Crippen LogP contribution < -0.4 is 14.2 Å². The number of nitrogens with zero attached hydrogens (tertiary/aromatic N) is 1. The molecule has 0 bridgehead atoms. The van der Waals surface area contributed by atoms with E-state index in [1.807, 2.05) is 32.0 Å². The summed E-state index contributed by atoms with van der Waals surface area (Å²) in [6.45, 7) is 11.1. The molecule has 0 saturated carbocycles. The van der Waals surface area contributed by atoms with Gasteiger partial charge in [0.25, 0.3) is 5.91 Å². The lowest BCUT2D eigenvalue weighted by molar-refractivity contribution is -0.121. The minimum absolute atomic E-state index is 0.150. The van der Waals surface area contributed by atoms with E-state index in [1.54, 1.807) is 24.3 Å². The van der Waals surface area contributed by atoms with Gasteiger partial charge in [0, 0.05) is 6.54 Å². The fraction of sp³-hybridized carbons (Fsp3) is 0.280. The Kier molecular flexibility index (Phi) is 8.83. The summed E-state index contributed by atoms with van der Waals surface area (Å²) in [5.74, 6) is 1.59. The smallest absolute Gasteiger partial charge is 0.266 e. The van der Waals surface area contributed by atoms with E-state index in [0.29, 0.717) is 52.1 Å². The number of benzene rings is 2. The van der Waals surface area contributed by atoms with E-state index in [9.17, 15) is 4.79 Å². The minimum Gasteiger partial charge on any atom is -0.490 e. The summed E-state index contributed by atoms with van der Waals surface area (Å²) in [5, 5.41) is 0.389. The highest BCUT2D eigenvalue weighted by Crippen LogP contribution is 2.39. The second-order valence-electron chi connectivity index (χ2n) is 7.29. The van der Waals surface area contributed by atoms with Crippen molar-refractivity contribution in [3.05, 3.63) is 69.6 Å². The maximum Gasteiger partial charge on any atom is 0.266 e. The molecular formula is C25H26ClNO4S2. The van der Waals surface area contributed by atoms with E-state index in [-0.39, 0.29) is 5.91 Å². The summed E-state index contributed by atoms with van der Waals surface area (Å²) in [4.78, 5) is 14.6. The lowest BCUT2D eigenvalue weighted by atomic mass is 10.1. The van der Waals surface area contributed by atoms with Crippen molar-refractivity contribution in [1.29, 1.82) is 0 Å². The number of rotatable bonds is 10. The van der Waals surface area contributed by atoms with Gasteiger partial charge in [-0.3, -0.25) is 9.69 Å². The van der Waals surface area contributed by atoms with Gasteiger partial charge in [0.05, 0.1) is 16.5 Å². The first kappa shape index (κ1) is 25.1. The number of hydrogen-bond donors (Lipinski definition) is 0. The SMILES string of the molecule is C=CCN1C(=O)C(=Cc2cc(Cl)c(OCCOc3ccc(C)c(C)c3)c(OCC)c2)SC1=S. The number of thiocarbonyl (C=S) groups is 1. The van der Waals surface area contributed by atoms with Crippen molar-refractivity contribution in [2.45, 2.75) is 20.8 Å². The monoisotopic (exact) mass is 503 g/mol. The average molecular weight is 504 g/mol. The average Bonchev–Trinajstić information content (AvgIpc) is 3.03. The van der Waals surface area contributed by atoms with E-state index in [4.69, 9.17) is 38.0 Å². The molecule has 3 rings (SSSR count). The fourth-order valence-corrected chi connectivity index (χ4v) is 4.67. The third-order valence-corrected chi connectivity index (χ3v) is 6.55. The predicted octanol–water partition coefficient (Wildman–Crippen LogP) is 6.20. The molecule has 2 aromatic carbocycles. The van der Waals surface area contributed by atoms with Gasteiger partial charge >= 0.3 is 0 Å². The molecule has 0 spiro atoms. The highest BCUT2D eigenvalue weighted by molar-refractivity contribution is 8.26. The first-order chi connectivity index (χ1) is 15.8. The molecule has 0 N–H and O–H groups in total. The number of halogens is 1. The fourth-order valence-electron chi connectivity index (χ4n) is 3.12. The Bertz CT molecular complexity index is 1100. The standard InChI is InChI=1S/C25H26ClNO4S2/c1-5-9-27-24(28)22(33-25(27)32)15-18-13-20(26)23(21(14-18)29-6-2)31-11-10-30-19-8-7-16(3)17(4)12-19/h5,7-8,12-15H,1,6,9-11H2,2-4H3. The number of aryl methyl sites for hydroxylation is 2. The normalized spacial score (nSPS) is 14.7. The molecule has 1 amide bonds. The molecule has 2 aromatic rings. The maximum atomic E-state index is 12.6. The third-order valence-electron chi connectivity index (χ3n) is 4.89. The second-order valence-corrected chi connectivity index (χ2v) is 9.37. The number of ether oxygens (including phenoxy) is 3. The van der Waals surface area contributed by atoms with Crippen LogP contribution in [0.25, 0.3) is 6.08 Å². The summed E-state index contributed by atoms with van der Waals surface area (Å²) in [6.07, 6.45) is 3.40. The molecule has 0 aromatic heterocycles. The van der Waals surface area contributed by atoms with Gasteiger partial charge in [0.2, 0.25) is 0 Å². The topological polar surface area (TPSA) is 48.0 Å². The predicted molar refractivity (Wildman–Crippen MR) is 140 cm³/mol. The van der Waals surface area contributed by atoms with Crippen molar-refractivity contribution in [3.8, 4) is 17.2 Å². The number of amides is 1. The van der Waals surface area contributed by atoms with E-state index < -0.39 is 0 Å². The summed E-state index contributed by atoms with van der Waals surface area (Å²) >= 11 is 13.1. The zero-order valence-electron chi connectivity index (χ0n) is 18.9. The largest absolute Gasteiger partial charge is 0.490 e. The number of carbonyl (C=O) groups excluding carboxylic acids is 1. The van der Waals surface area contributed by atoms with Gasteiger partial charge in [-0.25, -0.2) is 0 Å². The van der Waals surface area contributed by atoms with Crippen molar-refractivity contribution in [3.63, 3.8) is 0 Å². The van der Waals surface area contributed by atoms with Crippen LogP contribution in [0.15, 0.2) is 47.9 Å². The maximum absolute atomic E-state index is 12.6. The van der Waals surface area contributed by atoms with E-state index in [0.717, 1.165) is 11.3 Å². The first-order valence-corrected chi connectivity index (χ1v) is 12.1. The lowest BCUT2D eigenvalue weighted by Gasteiger charge is -2.15. The summed E-state index contributed by atoms with van der Waals surface area (Å²) < 4.78 is 17.9. The second kappa shape index (κ2) is 11.6. The van der Waals surface area contributed by atoms with Crippen molar-refractivity contribution in [1.82, 2.24) is 4.90 Å². The molecular weight excluding hydrogens is 478 g/mol. The van der Waals surface area contributed by atoms with Gasteiger partial charge in [-0.2, -0.15) is 0 Å². The van der Waals surface area contributed by atoms with Crippen molar-refractivity contribution < 1.29 is 19.0 Å². The molecule has 0 aliphatic carbocycles. The number of hydrogen-bond acceptors (Lipinski definition) is 6. The highest BCUT2D eigenvalue weighted by atomic mass is 35.5. The van der Waals surface area contributed by atoms with Crippen LogP contribution in [0.3, 0.4) is 0 Å². The Morgan fingerprint density at radius 2 is 1.88 bits per heavy atom. The zero-order chi connectivity index (χ0) is 24.0. The number of carbonyl (C=O) groups is 1. The van der Waals surface area contributed by atoms with Crippen LogP contribution in [0.1, 0.15) is 23.6 Å². The van der Waals surface area contributed by atoms with Crippen molar-refractivity contribution in [2.24, 2.45) is 0 Å². The molecule has 1 aliphatic heterocycles. The Labute approximate surface area is 209 Å². The molecule has 5 nitrogen and oxygen atoms in total. The van der Waals surface area contributed by atoms with Crippen LogP contribution in [0.2, 0.25) is 5.02 Å². The van der Waals surface area contributed by atoms with Crippen LogP contribution in [0, 0.1) is 13.8 Å². The van der Waals surface area contributed by atoms with Crippen molar-refractivity contribution in [2.75, 3.05) is 26.4 Å². The summed E-state index contributed by atoms with van der Waals surface area (Å²) in [7, 11) is 0. The Balaban J connectivity index is 1.71. The molecule has 1 saturated heterocycles. The number of thioether (sulfide) groups is 1. The van der Waals surface area contributed by atoms with Gasteiger partial charge in [0.1, 0.15) is 23.3 Å². The van der Waals surface area contributed by atoms with Crippen molar-refractivity contribution >= 4 is 51.9 Å². The Morgan fingerprint density at radius 1 is 1.12 bits per heavy atom. The molecule has 33 heavy (non-hydrogen) atoms. The molecule has 1 aliphatic rings. The molecule has 1 fully saturated rings. The Morgan fingerprint density at radius 3 is 2.58 bits per heavy atom. The van der Waals surface area contributed by atoms with Gasteiger partial charge in [-0.15, -0.1) is 6.58 Å². The highest BCUT2D eigenvalue weighted by Gasteiger charge is 2.31. The van der Waals surface area contributed by atoms with Crippen LogP contribution >= 0.6 is 35.6 Å². The van der Waals surface area contributed by atoms with Gasteiger partial charge in [-0.1, -0.05) is 47.7 Å². The summed E-state index contributed by atoms with van der Waals surface area (Å²) in [6, 6.07) is 9.51. The minimum atomic E-state index is -0.150. The summed E-state index contributed by atoms with van der Waals surface area (Å²) in [5.41, 5.74) is 3.11. The molecule has 0 unspecified atom stereocenters. The van der Waals surface area contributed by atoms with E-state index in [2.05, 4.69) is 13.5 Å². The molecule has 1 heterocycles. The van der Waals surface area contributed by atoms with Gasteiger partial charge < -0.3 is 14.2 Å². The van der Waals surface area contributed by atoms with E-state index in [1.165, 1.54) is 27.8 Å². The molecule has 174 valence electrons. The lowest BCUT2D eigenvalue weighted by Crippen LogP contribution is -2.27. The third kappa shape index (κ3) is 6.31. The van der Waals surface area contributed by atoms with Crippen LogP contribution in [0.4, 0.5) is 0 Å². The van der Waals surface area contributed by atoms with E-state index >= 15 is 0 Å². The quantitative estimate of drug-likeness (QED) is 0.166. The molecule has 0 atom stereocenters. The van der Waals surface area contributed by atoms with Crippen LogP contribution in [-0.2, 0) is 4.79 Å². The van der Waals surface area contributed by atoms with Crippen LogP contribution in [-0.4, -0.2) is 41.5 Å².